The normalized spacial score (nSPS) is 13.5. The van der Waals surface area contributed by atoms with Crippen molar-refractivity contribution in [3.63, 3.8) is 0 Å². The summed E-state index contributed by atoms with van der Waals surface area (Å²) in [6, 6.07) is 14.0. The summed E-state index contributed by atoms with van der Waals surface area (Å²) in [7, 11) is 0. The molecule has 27 heavy (non-hydrogen) atoms. The summed E-state index contributed by atoms with van der Waals surface area (Å²) >= 11 is 6.16. The summed E-state index contributed by atoms with van der Waals surface area (Å²) < 4.78 is 5.07. The summed E-state index contributed by atoms with van der Waals surface area (Å²) in [6.07, 6.45) is 1.22. The van der Waals surface area contributed by atoms with Crippen molar-refractivity contribution in [1.82, 2.24) is 5.32 Å². The summed E-state index contributed by atoms with van der Waals surface area (Å²) in [4.78, 5) is 37.6. The van der Waals surface area contributed by atoms with E-state index in [1.807, 2.05) is 30.3 Å². The van der Waals surface area contributed by atoms with Gasteiger partial charge in [-0.25, -0.2) is 4.79 Å². The molecule has 0 radical (unpaired) electrons. The van der Waals surface area contributed by atoms with Crippen LogP contribution in [0, 0.1) is 0 Å². The van der Waals surface area contributed by atoms with Crippen molar-refractivity contribution in [3.05, 3.63) is 64.7 Å². The Labute approximate surface area is 162 Å². The quantitative estimate of drug-likeness (QED) is 0.774. The maximum absolute atomic E-state index is 12.2. The molecule has 0 spiro atoms. The molecule has 3 rings (SSSR count). The van der Waals surface area contributed by atoms with E-state index in [2.05, 4.69) is 5.32 Å². The molecule has 2 aromatic rings. The van der Waals surface area contributed by atoms with Gasteiger partial charge in [-0.3, -0.25) is 9.59 Å². The third-order valence-corrected chi connectivity index (χ3v) is 4.53. The first-order chi connectivity index (χ1) is 13.0. The van der Waals surface area contributed by atoms with Crippen LogP contribution in [0.25, 0.3) is 0 Å². The van der Waals surface area contributed by atoms with Crippen molar-refractivity contribution >= 4 is 35.1 Å². The molecule has 1 aliphatic heterocycles. The molecule has 1 heterocycles. The Hall–Kier alpha value is -2.86. The van der Waals surface area contributed by atoms with E-state index in [1.54, 1.807) is 11.0 Å². The van der Waals surface area contributed by atoms with E-state index < -0.39 is 11.9 Å². The van der Waals surface area contributed by atoms with E-state index in [-0.39, 0.29) is 18.1 Å². The van der Waals surface area contributed by atoms with Crippen molar-refractivity contribution in [2.75, 3.05) is 18.1 Å². The van der Waals surface area contributed by atoms with Crippen LogP contribution < -0.4 is 10.2 Å². The molecule has 1 fully saturated rings. The molecular weight excluding hydrogens is 368 g/mol. The van der Waals surface area contributed by atoms with Gasteiger partial charge in [-0.15, -0.1) is 0 Å². The van der Waals surface area contributed by atoms with Crippen LogP contribution in [-0.4, -0.2) is 30.9 Å². The number of halogens is 1. The fourth-order valence-electron chi connectivity index (χ4n) is 2.81. The number of carbonyl (C=O) groups excluding carboxylic acids is 3. The minimum Gasteiger partial charge on any atom is -0.452 e. The average molecular weight is 387 g/mol. The summed E-state index contributed by atoms with van der Waals surface area (Å²) in [5, 5.41) is 3.08. The Morgan fingerprint density at radius 2 is 1.93 bits per heavy atom. The zero-order valence-corrected chi connectivity index (χ0v) is 15.4. The fraction of sp³-hybridized carbons (Fsp3) is 0.250. The highest BCUT2D eigenvalue weighted by molar-refractivity contribution is 6.34. The number of nitrogens with zero attached hydrogens (tertiary/aromatic N) is 1. The number of benzene rings is 2. The third-order valence-electron chi connectivity index (χ3n) is 4.21. The lowest BCUT2D eigenvalue weighted by Gasteiger charge is -2.18. The van der Waals surface area contributed by atoms with Gasteiger partial charge < -0.3 is 15.0 Å². The number of ether oxygens (including phenoxy) is 1. The topological polar surface area (TPSA) is 75.7 Å². The van der Waals surface area contributed by atoms with E-state index in [0.29, 0.717) is 30.2 Å². The number of hydrogen-bond acceptors (Lipinski definition) is 4. The van der Waals surface area contributed by atoms with E-state index >= 15 is 0 Å². The second-order valence-electron chi connectivity index (χ2n) is 6.15. The number of nitrogens with one attached hydrogen (secondary N) is 1. The van der Waals surface area contributed by atoms with Gasteiger partial charge in [0.2, 0.25) is 5.91 Å². The predicted molar refractivity (Wildman–Crippen MR) is 102 cm³/mol. The van der Waals surface area contributed by atoms with Crippen molar-refractivity contribution in [1.29, 1.82) is 0 Å². The van der Waals surface area contributed by atoms with Crippen LogP contribution in [0.2, 0.25) is 5.02 Å². The van der Waals surface area contributed by atoms with Crippen LogP contribution in [0.15, 0.2) is 48.5 Å². The minimum atomic E-state index is -0.644. The van der Waals surface area contributed by atoms with Crippen LogP contribution in [0.5, 0.6) is 0 Å². The Morgan fingerprint density at radius 3 is 2.63 bits per heavy atom. The van der Waals surface area contributed by atoms with Gasteiger partial charge in [0.05, 0.1) is 16.3 Å². The molecule has 0 aromatic heterocycles. The molecule has 1 aliphatic rings. The van der Waals surface area contributed by atoms with Crippen molar-refractivity contribution in [3.8, 4) is 0 Å². The molecule has 1 N–H and O–H groups in total. The van der Waals surface area contributed by atoms with Crippen molar-refractivity contribution < 1.29 is 19.1 Å². The molecular formula is C20H19ClN2O4. The number of amides is 2. The largest absolute Gasteiger partial charge is 0.452 e. The Balaban J connectivity index is 1.56. The highest BCUT2D eigenvalue weighted by Crippen LogP contribution is 2.30. The molecule has 0 atom stereocenters. The standard InChI is InChI=1S/C20H19ClN2O4/c21-16-9-8-15(11-17(16)23-10-4-7-19(23)25)20(26)27-13-18(24)22-12-14-5-2-1-3-6-14/h1-3,5-6,8-9,11H,4,7,10,12-13H2,(H,22,24). The first-order valence-corrected chi connectivity index (χ1v) is 9.00. The number of hydrogen-bond donors (Lipinski definition) is 1. The van der Waals surface area contributed by atoms with Crippen molar-refractivity contribution in [2.45, 2.75) is 19.4 Å². The molecule has 2 amide bonds. The molecule has 7 heteroatoms. The zero-order chi connectivity index (χ0) is 19.2. The molecule has 0 saturated carbocycles. The third kappa shape index (κ3) is 4.86. The second-order valence-corrected chi connectivity index (χ2v) is 6.56. The van der Waals surface area contributed by atoms with Gasteiger partial charge in [0.15, 0.2) is 6.61 Å². The molecule has 0 aliphatic carbocycles. The number of carbonyl (C=O) groups is 3. The van der Waals surface area contributed by atoms with E-state index in [1.165, 1.54) is 12.1 Å². The van der Waals surface area contributed by atoms with E-state index in [0.717, 1.165) is 12.0 Å². The first-order valence-electron chi connectivity index (χ1n) is 8.62. The Bertz CT molecular complexity index is 854. The summed E-state index contributed by atoms with van der Waals surface area (Å²) in [6.45, 7) is 0.546. The molecule has 140 valence electrons. The molecule has 1 saturated heterocycles. The van der Waals surface area contributed by atoms with Gasteiger partial charge in [0, 0.05) is 19.5 Å². The molecule has 0 bridgehead atoms. The van der Waals surface area contributed by atoms with Crippen LogP contribution in [-0.2, 0) is 20.9 Å². The fourth-order valence-corrected chi connectivity index (χ4v) is 3.03. The highest BCUT2D eigenvalue weighted by atomic mass is 35.5. The van der Waals surface area contributed by atoms with Gasteiger partial charge in [0.25, 0.3) is 5.91 Å². The summed E-state index contributed by atoms with van der Waals surface area (Å²) in [5.41, 5.74) is 1.68. The van der Waals surface area contributed by atoms with E-state index in [9.17, 15) is 14.4 Å². The van der Waals surface area contributed by atoms with Crippen molar-refractivity contribution in [2.24, 2.45) is 0 Å². The Morgan fingerprint density at radius 1 is 1.15 bits per heavy atom. The minimum absolute atomic E-state index is 0.0253. The lowest BCUT2D eigenvalue weighted by atomic mass is 10.2. The zero-order valence-electron chi connectivity index (χ0n) is 14.6. The predicted octanol–water partition coefficient (Wildman–Crippen LogP) is 2.94. The van der Waals surface area contributed by atoms with Crippen LogP contribution in [0.4, 0.5) is 5.69 Å². The van der Waals surface area contributed by atoms with Gasteiger partial charge in [-0.2, -0.15) is 0 Å². The number of rotatable bonds is 6. The molecule has 2 aromatic carbocycles. The second kappa shape index (κ2) is 8.68. The lowest BCUT2D eigenvalue weighted by Crippen LogP contribution is -2.28. The summed E-state index contributed by atoms with van der Waals surface area (Å²) in [5.74, 6) is -1.06. The highest BCUT2D eigenvalue weighted by Gasteiger charge is 2.24. The van der Waals surface area contributed by atoms with Gasteiger partial charge >= 0.3 is 5.97 Å². The number of esters is 1. The maximum Gasteiger partial charge on any atom is 0.338 e. The van der Waals surface area contributed by atoms with Gasteiger partial charge in [-0.05, 0) is 30.2 Å². The smallest absolute Gasteiger partial charge is 0.338 e. The first kappa shape index (κ1) is 18.9. The van der Waals surface area contributed by atoms with Crippen LogP contribution in [0.3, 0.4) is 0 Å². The monoisotopic (exact) mass is 386 g/mol. The molecule has 0 unspecified atom stereocenters. The van der Waals surface area contributed by atoms with Gasteiger partial charge in [0.1, 0.15) is 0 Å². The Kier molecular flexibility index (Phi) is 6.08. The SMILES string of the molecule is O=C(COC(=O)c1ccc(Cl)c(N2CCCC2=O)c1)NCc1ccccc1. The maximum atomic E-state index is 12.2. The average Bonchev–Trinajstić information content (AvgIpc) is 3.11. The van der Waals surface area contributed by atoms with Gasteiger partial charge in [-0.1, -0.05) is 41.9 Å². The lowest BCUT2D eigenvalue weighted by molar-refractivity contribution is -0.124. The number of anilines is 1. The van der Waals surface area contributed by atoms with Crippen LogP contribution >= 0.6 is 11.6 Å². The van der Waals surface area contributed by atoms with Crippen LogP contribution in [0.1, 0.15) is 28.8 Å². The van der Waals surface area contributed by atoms with E-state index in [4.69, 9.17) is 16.3 Å². The molecule has 6 nitrogen and oxygen atoms in total.